The lowest BCUT2D eigenvalue weighted by atomic mass is 10.0. The summed E-state index contributed by atoms with van der Waals surface area (Å²) in [7, 11) is 3.54. The Kier molecular flexibility index (Phi) is 14.1. The lowest BCUT2D eigenvalue weighted by molar-refractivity contribution is 0.143. The molecule has 1 unspecified atom stereocenters. The second-order valence-corrected chi connectivity index (χ2v) is 7.17. The summed E-state index contributed by atoms with van der Waals surface area (Å²) in [5.74, 6) is 1.77. The molecule has 1 heterocycles. The minimum absolute atomic E-state index is 0. The van der Waals surface area contributed by atoms with E-state index in [4.69, 9.17) is 9.47 Å². The van der Waals surface area contributed by atoms with Crippen LogP contribution in [0.15, 0.2) is 29.3 Å². The fraction of sp³-hybridized carbons (Fsp3) is 0.682. The molecule has 0 bridgehead atoms. The van der Waals surface area contributed by atoms with Gasteiger partial charge in [-0.3, -0.25) is 9.89 Å². The first-order chi connectivity index (χ1) is 13.8. The Balaban J connectivity index is 0.00000420. The molecule has 2 N–H and O–H groups in total. The average Bonchev–Trinajstić information content (AvgIpc) is 2.76. The number of methoxy groups -OCH3 is 1. The van der Waals surface area contributed by atoms with E-state index in [9.17, 15) is 0 Å². The number of aliphatic imine (C=N–C) groups is 1. The van der Waals surface area contributed by atoms with Crippen LogP contribution in [-0.2, 0) is 4.74 Å². The van der Waals surface area contributed by atoms with Crippen LogP contribution in [0.2, 0.25) is 0 Å². The Bertz CT molecular complexity index is 562. The van der Waals surface area contributed by atoms with E-state index in [0.29, 0.717) is 6.04 Å². The zero-order valence-corrected chi connectivity index (χ0v) is 20.6. The van der Waals surface area contributed by atoms with Crippen LogP contribution in [0.25, 0.3) is 0 Å². The molecule has 0 aliphatic carbocycles. The van der Waals surface area contributed by atoms with Gasteiger partial charge in [0.15, 0.2) is 5.96 Å². The third kappa shape index (κ3) is 9.53. The van der Waals surface area contributed by atoms with Gasteiger partial charge >= 0.3 is 0 Å². The molecule has 166 valence electrons. The van der Waals surface area contributed by atoms with Crippen LogP contribution in [0.1, 0.15) is 50.6 Å². The largest absolute Gasteiger partial charge is 0.497 e. The van der Waals surface area contributed by atoms with E-state index >= 15 is 0 Å². The number of rotatable bonds is 11. The Labute approximate surface area is 193 Å². The molecule has 6 nitrogen and oxygen atoms in total. The lowest BCUT2D eigenvalue weighted by Crippen LogP contribution is -2.44. The molecule has 1 aromatic rings. The Hall–Kier alpha value is -1.06. The Morgan fingerprint density at radius 3 is 2.45 bits per heavy atom. The van der Waals surface area contributed by atoms with Crippen LogP contribution in [0, 0.1) is 0 Å². The van der Waals surface area contributed by atoms with Gasteiger partial charge in [-0.25, -0.2) is 0 Å². The van der Waals surface area contributed by atoms with Gasteiger partial charge in [0, 0.05) is 33.4 Å². The molecule has 7 heteroatoms. The quantitative estimate of drug-likeness (QED) is 0.202. The molecule has 0 spiro atoms. The predicted octanol–water partition coefficient (Wildman–Crippen LogP) is 3.82. The van der Waals surface area contributed by atoms with Crippen molar-refractivity contribution in [2.24, 2.45) is 4.99 Å². The van der Waals surface area contributed by atoms with Gasteiger partial charge in [0.25, 0.3) is 0 Å². The minimum atomic E-state index is 0. The van der Waals surface area contributed by atoms with Crippen LogP contribution in [-0.4, -0.2) is 64.4 Å². The molecule has 1 aromatic carbocycles. The van der Waals surface area contributed by atoms with Crippen LogP contribution in [0.4, 0.5) is 0 Å². The highest BCUT2D eigenvalue weighted by molar-refractivity contribution is 14.0. The summed E-state index contributed by atoms with van der Waals surface area (Å²) < 4.78 is 10.7. The van der Waals surface area contributed by atoms with Gasteiger partial charge < -0.3 is 20.1 Å². The molecular weight excluding hydrogens is 479 g/mol. The number of likely N-dealkylation sites (tertiary alicyclic amines) is 1. The van der Waals surface area contributed by atoms with Crippen LogP contribution in [0.3, 0.4) is 0 Å². The van der Waals surface area contributed by atoms with Crippen LogP contribution in [0.5, 0.6) is 5.75 Å². The fourth-order valence-corrected chi connectivity index (χ4v) is 3.61. The van der Waals surface area contributed by atoms with E-state index < -0.39 is 0 Å². The second kappa shape index (κ2) is 15.7. The van der Waals surface area contributed by atoms with Crippen molar-refractivity contribution in [1.82, 2.24) is 15.5 Å². The molecule has 0 aromatic heterocycles. The molecule has 1 aliphatic heterocycles. The van der Waals surface area contributed by atoms with E-state index in [1.165, 1.54) is 24.8 Å². The molecule has 1 fully saturated rings. The highest BCUT2D eigenvalue weighted by Gasteiger charge is 2.22. The fourth-order valence-electron chi connectivity index (χ4n) is 3.61. The van der Waals surface area contributed by atoms with Gasteiger partial charge in [-0.2, -0.15) is 0 Å². The summed E-state index contributed by atoms with van der Waals surface area (Å²) >= 11 is 0. The van der Waals surface area contributed by atoms with Crippen molar-refractivity contribution in [3.8, 4) is 5.75 Å². The van der Waals surface area contributed by atoms with Crippen molar-refractivity contribution in [2.75, 3.05) is 53.6 Å². The number of guanidine groups is 1. The molecule has 1 aliphatic rings. The van der Waals surface area contributed by atoms with Gasteiger partial charge in [-0.05, 0) is 63.4 Å². The van der Waals surface area contributed by atoms with Crippen LogP contribution < -0.4 is 15.4 Å². The number of hydrogen-bond donors (Lipinski definition) is 2. The maximum Gasteiger partial charge on any atom is 0.191 e. The second-order valence-electron chi connectivity index (χ2n) is 7.17. The number of ether oxygens (including phenoxy) is 2. The van der Waals surface area contributed by atoms with E-state index in [1.54, 1.807) is 7.11 Å². The third-order valence-electron chi connectivity index (χ3n) is 5.23. The first-order valence-corrected chi connectivity index (χ1v) is 10.7. The van der Waals surface area contributed by atoms with E-state index in [0.717, 1.165) is 63.9 Å². The summed E-state index contributed by atoms with van der Waals surface area (Å²) in [6.07, 6.45) is 6.04. The summed E-state index contributed by atoms with van der Waals surface area (Å²) in [6.45, 7) is 7.71. The minimum Gasteiger partial charge on any atom is -0.497 e. The SMILES string of the molecule is CCOCCCCNC(=NC)NCC(c1ccc(OC)cc1)N1CCCCC1.I. The smallest absolute Gasteiger partial charge is 0.191 e. The highest BCUT2D eigenvalue weighted by Crippen LogP contribution is 2.25. The van der Waals surface area contributed by atoms with Crippen molar-refractivity contribution in [3.05, 3.63) is 29.8 Å². The molecule has 0 saturated carbocycles. The van der Waals surface area contributed by atoms with Crippen molar-refractivity contribution in [1.29, 1.82) is 0 Å². The first-order valence-electron chi connectivity index (χ1n) is 10.7. The molecule has 0 radical (unpaired) electrons. The normalized spacial score (nSPS) is 16.0. The van der Waals surface area contributed by atoms with E-state index in [-0.39, 0.29) is 24.0 Å². The number of hydrogen-bond acceptors (Lipinski definition) is 4. The summed E-state index contributed by atoms with van der Waals surface area (Å²) in [5.41, 5.74) is 1.32. The standard InChI is InChI=1S/C22H38N4O2.HI/c1-4-28-17-9-6-14-24-22(23-2)25-18-21(26-15-7-5-8-16-26)19-10-12-20(27-3)13-11-19;/h10-13,21H,4-9,14-18H2,1-3H3,(H2,23,24,25);1H. The maximum absolute atomic E-state index is 5.39. The topological polar surface area (TPSA) is 58.1 Å². The maximum atomic E-state index is 5.39. The number of nitrogens with one attached hydrogen (secondary N) is 2. The number of benzene rings is 1. The number of nitrogens with zero attached hydrogens (tertiary/aromatic N) is 2. The Morgan fingerprint density at radius 2 is 1.83 bits per heavy atom. The van der Waals surface area contributed by atoms with Crippen molar-refractivity contribution >= 4 is 29.9 Å². The monoisotopic (exact) mass is 518 g/mol. The number of halogens is 1. The Morgan fingerprint density at radius 1 is 1.10 bits per heavy atom. The van der Waals surface area contributed by atoms with Gasteiger partial charge in [0.05, 0.1) is 13.2 Å². The van der Waals surface area contributed by atoms with Crippen molar-refractivity contribution in [2.45, 2.75) is 45.1 Å². The van der Waals surface area contributed by atoms with Gasteiger partial charge in [0.1, 0.15) is 5.75 Å². The highest BCUT2D eigenvalue weighted by atomic mass is 127. The molecule has 29 heavy (non-hydrogen) atoms. The molecule has 0 amide bonds. The predicted molar refractivity (Wildman–Crippen MR) is 132 cm³/mol. The zero-order chi connectivity index (χ0) is 20.0. The first kappa shape index (κ1) is 26.0. The average molecular weight is 518 g/mol. The third-order valence-corrected chi connectivity index (χ3v) is 5.23. The summed E-state index contributed by atoms with van der Waals surface area (Å²) in [4.78, 5) is 6.98. The molecular formula is C22H39IN4O2. The molecule has 2 rings (SSSR count). The van der Waals surface area contributed by atoms with E-state index in [1.807, 2.05) is 14.0 Å². The van der Waals surface area contributed by atoms with Gasteiger partial charge in [0.2, 0.25) is 0 Å². The van der Waals surface area contributed by atoms with Gasteiger partial charge in [-0.15, -0.1) is 24.0 Å². The number of unbranched alkanes of at least 4 members (excludes halogenated alkanes) is 1. The van der Waals surface area contributed by atoms with Crippen molar-refractivity contribution < 1.29 is 9.47 Å². The van der Waals surface area contributed by atoms with Crippen LogP contribution >= 0.6 is 24.0 Å². The molecule has 1 atom stereocenters. The van der Waals surface area contributed by atoms with Crippen molar-refractivity contribution in [3.63, 3.8) is 0 Å². The molecule has 1 saturated heterocycles. The summed E-state index contributed by atoms with van der Waals surface area (Å²) in [5, 5.41) is 6.95. The zero-order valence-electron chi connectivity index (χ0n) is 18.3. The lowest BCUT2D eigenvalue weighted by Gasteiger charge is -2.35. The number of piperidine rings is 1. The summed E-state index contributed by atoms with van der Waals surface area (Å²) in [6, 6.07) is 8.81. The van der Waals surface area contributed by atoms with E-state index in [2.05, 4.69) is 44.8 Å². The van der Waals surface area contributed by atoms with Gasteiger partial charge in [-0.1, -0.05) is 18.6 Å².